The third-order valence-corrected chi connectivity index (χ3v) is 3.79. The second-order valence-corrected chi connectivity index (χ2v) is 5.84. The van der Waals surface area contributed by atoms with Crippen molar-refractivity contribution in [3.8, 4) is 0 Å². The van der Waals surface area contributed by atoms with Gasteiger partial charge in [0.15, 0.2) is 0 Å². The van der Waals surface area contributed by atoms with Crippen molar-refractivity contribution in [1.82, 2.24) is 4.90 Å². The molecular formula is C17H38ClN. The van der Waals surface area contributed by atoms with Crippen molar-refractivity contribution < 1.29 is 0 Å². The van der Waals surface area contributed by atoms with Gasteiger partial charge in [-0.15, -0.1) is 12.4 Å². The van der Waals surface area contributed by atoms with Crippen LogP contribution in [0.4, 0.5) is 0 Å². The molecule has 0 aromatic carbocycles. The van der Waals surface area contributed by atoms with E-state index in [4.69, 9.17) is 0 Å². The molecule has 0 saturated carbocycles. The molecule has 1 nitrogen and oxygen atoms in total. The summed E-state index contributed by atoms with van der Waals surface area (Å²) in [6.45, 7) is 7.19. The third-order valence-electron chi connectivity index (χ3n) is 3.79. The molecule has 0 unspecified atom stereocenters. The Labute approximate surface area is 128 Å². The van der Waals surface area contributed by atoms with Crippen LogP contribution in [0.1, 0.15) is 90.9 Å². The molecule has 0 aliphatic heterocycles. The predicted molar refractivity (Wildman–Crippen MR) is 91.5 cm³/mol. The summed E-state index contributed by atoms with van der Waals surface area (Å²) in [5, 5.41) is 0. The van der Waals surface area contributed by atoms with E-state index in [0.29, 0.717) is 0 Å². The smallest absolute Gasteiger partial charge is 0.00218 e. The fourth-order valence-corrected chi connectivity index (χ4v) is 2.44. The van der Waals surface area contributed by atoms with Gasteiger partial charge in [0.05, 0.1) is 0 Å². The summed E-state index contributed by atoms with van der Waals surface area (Å²) in [5.74, 6) is 0. The average molecular weight is 292 g/mol. The van der Waals surface area contributed by atoms with Crippen LogP contribution >= 0.6 is 12.4 Å². The standard InChI is InChI=1S/C17H37N.ClH/c1-4-6-8-10-12-14-16-18(3)17-15-13-11-9-7-5-2;/h4-17H2,1-3H3;1H. The van der Waals surface area contributed by atoms with Crippen LogP contribution in [0, 0.1) is 0 Å². The molecule has 2 heteroatoms. The SMILES string of the molecule is CCCCCCCCN(C)CCCCCCCC.Cl. The largest absolute Gasteiger partial charge is 0.306 e. The Balaban J connectivity index is 0. The normalized spacial score (nSPS) is 10.7. The molecule has 0 N–H and O–H groups in total. The maximum atomic E-state index is 2.53. The van der Waals surface area contributed by atoms with Crippen LogP contribution < -0.4 is 0 Å². The van der Waals surface area contributed by atoms with Gasteiger partial charge in [0.2, 0.25) is 0 Å². The lowest BCUT2D eigenvalue weighted by Crippen LogP contribution is -2.20. The molecule has 0 spiro atoms. The molecular weight excluding hydrogens is 254 g/mol. The van der Waals surface area contributed by atoms with E-state index in [0.717, 1.165) is 0 Å². The van der Waals surface area contributed by atoms with Crippen molar-refractivity contribution in [2.45, 2.75) is 90.9 Å². The maximum absolute atomic E-state index is 2.53. The highest BCUT2D eigenvalue weighted by molar-refractivity contribution is 5.85. The molecule has 0 aliphatic rings. The van der Waals surface area contributed by atoms with Crippen molar-refractivity contribution in [2.75, 3.05) is 20.1 Å². The molecule has 0 fully saturated rings. The first-order valence-electron chi connectivity index (χ1n) is 8.49. The second kappa shape index (κ2) is 18.2. The lowest BCUT2D eigenvalue weighted by Gasteiger charge is -2.16. The van der Waals surface area contributed by atoms with Crippen LogP contribution in [-0.4, -0.2) is 25.0 Å². The highest BCUT2D eigenvalue weighted by Gasteiger charge is 1.98. The van der Waals surface area contributed by atoms with E-state index in [1.54, 1.807) is 0 Å². The Bertz CT molecular complexity index is 134. The molecule has 0 radical (unpaired) electrons. The van der Waals surface area contributed by atoms with Crippen molar-refractivity contribution in [1.29, 1.82) is 0 Å². The highest BCUT2D eigenvalue weighted by atomic mass is 35.5. The van der Waals surface area contributed by atoms with Crippen LogP contribution in [0.3, 0.4) is 0 Å². The van der Waals surface area contributed by atoms with E-state index in [9.17, 15) is 0 Å². The summed E-state index contributed by atoms with van der Waals surface area (Å²) in [6.07, 6.45) is 17.0. The minimum atomic E-state index is 0. The van der Waals surface area contributed by atoms with Gasteiger partial charge in [-0.25, -0.2) is 0 Å². The third kappa shape index (κ3) is 18.2. The summed E-state index contributed by atoms with van der Waals surface area (Å²) in [4.78, 5) is 2.53. The molecule has 0 atom stereocenters. The summed E-state index contributed by atoms with van der Waals surface area (Å²) in [6, 6.07) is 0. The molecule has 0 aromatic heterocycles. The number of rotatable bonds is 14. The van der Waals surface area contributed by atoms with Gasteiger partial charge in [0, 0.05) is 0 Å². The molecule has 0 rings (SSSR count). The number of halogens is 1. The number of unbranched alkanes of at least 4 members (excludes halogenated alkanes) is 10. The van der Waals surface area contributed by atoms with Crippen molar-refractivity contribution >= 4 is 12.4 Å². The van der Waals surface area contributed by atoms with E-state index in [1.807, 2.05) is 0 Å². The zero-order valence-corrected chi connectivity index (χ0v) is 14.6. The van der Waals surface area contributed by atoms with Crippen LogP contribution in [0.25, 0.3) is 0 Å². The number of nitrogens with zero attached hydrogens (tertiary/aromatic N) is 1. The summed E-state index contributed by atoms with van der Waals surface area (Å²) < 4.78 is 0. The molecule has 0 bridgehead atoms. The van der Waals surface area contributed by atoms with Crippen molar-refractivity contribution in [3.63, 3.8) is 0 Å². The monoisotopic (exact) mass is 291 g/mol. The van der Waals surface area contributed by atoms with Gasteiger partial charge in [0.25, 0.3) is 0 Å². The topological polar surface area (TPSA) is 3.24 Å². The van der Waals surface area contributed by atoms with Crippen molar-refractivity contribution in [2.24, 2.45) is 0 Å². The zero-order valence-electron chi connectivity index (χ0n) is 13.8. The van der Waals surface area contributed by atoms with Crippen LogP contribution in [0.5, 0.6) is 0 Å². The lowest BCUT2D eigenvalue weighted by atomic mass is 10.1. The predicted octanol–water partition coefficient (Wildman–Crippen LogP) is 6.06. The minimum absolute atomic E-state index is 0. The maximum Gasteiger partial charge on any atom is -0.00218 e. The Morgan fingerprint density at radius 1 is 0.526 bits per heavy atom. The van der Waals surface area contributed by atoms with Gasteiger partial charge in [-0.05, 0) is 33.0 Å². The van der Waals surface area contributed by atoms with E-state index in [2.05, 4.69) is 25.8 Å². The summed E-state index contributed by atoms with van der Waals surface area (Å²) in [5.41, 5.74) is 0. The molecule has 0 amide bonds. The lowest BCUT2D eigenvalue weighted by molar-refractivity contribution is 0.314. The van der Waals surface area contributed by atoms with Crippen LogP contribution in [-0.2, 0) is 0 Å². The summed E-state index contributed by atoms with van der Waals surface area (Å²) in [7, 11) is 2.29. The molecule has 19 heavy (non-hydrogen) atoms. The first-order chi connectivity index (χ1) is 8.81. The Hall–Kier alpha value is 0.250. The van der Waals surface area contributed by atoms with E-state index >= 15 is 0 Å². The van der Waals surface area contributed by atoms with Gasteiger partial charge >= 0.3 is 0 Å². The minimum Gasteiger partial charge on any atom is -0.306 e. The van der Waals surface area contributed by atoms with Gasteiger partial charge in [-0.1, -0.05) is 78.1 Å². The number of hydrogen-bond acceptors (Lipinski definition) is 1. The number of hydrogen-bond donors (Lipinski definition) is 0. The first kappa shape index (κ1) is 21.5. The second-order valence-electron chi connectivity index (χ2n) is 5.84. The van der Waals surface area contributed by atoms with E-state index in [-0.39, 0.29) is 12.4 Å². The molecule has 0 aromatic rings. The van der Waals surface area contributed by atoms with Gasteiger partial charge in [0.1, 0.15) is 0 Å². The fourth-order valence-electron chi connectivity index (χ4n) is 2.44. The van der Waals surface area contributed by atoms with Crippen LogP contribution in [0.15, 0.2) is 0 Å². The zero-order chi connectivity index (χ0) is 13.5. The van der Waals surface area contributed by atoms with Crippen molar-refractivity contribution in [3.05, 3.63) is 0 Å². The molecule has 0 heterocycles. The Morgan fingerprint density at radius 2 is 0.842 bits per heavy atom. The summed E-state index contributed by atoms with van der Waals surface area (Å²) >= 11 is 0. The first-order valence-corrected chi connectivity index (χ1v) is 8.49. The quantitative estimate of drug-likeness (QED) is 0.352. The van der Waals surface area contributed by atoms with E-state index < -0.39 is 0 Å². The van der Waals surface area contributed by atoms with Gasteiger partial charge < -0.3 is 4.90 Å². The Kier molecular flexibility index (Phi) is 20.7. The highest BCUT2D eigenvalue weighted by Crippen LogP contribution is 2.07. The van der Waals surface area contributed by atoms with Crippen LogP contribution in [0.2, 0.25) is 0 Å². The molecule has 118 valence electrons. The average Bonchev–Trinajstić information content (AvgIpc) is 2.38. The van der Waals surface area contributed by atoms with Gasteiger partial charge in [-0.2, -0.15) is 0 Å². The van der Waals surface area contributed by atoms with E-state index in [1.165, 1.54) is 90.1 Å². The Morgan fingerprint density at radius 3 is 1.21 bits per heavy atom. The molecule has 0 saturated heterocycles. The molecule has 0 aliphatic carbocycles. The van der Waals surface area contributed by atoms with Gasteiger partial charge in [-0.3, -0.25) is 0 Å². The fraction of sp³-hybridized carbons (Fsp3) is 1.00.